The molecule has 0 aliphatic heterocycles. The second-order valence-corrected chi connectivity index (χ2v) is 4.33. The topological polar surface area (TPSA) is 52.3 Å². The van der Waals surface area contributed by atoms with Gasteiger partial charge in [0.25, 0.3) is 0 Å². The van der Waals surface area contributed by atoms with Crippen LogP contribution >= 0.6 is 0 Å². The lowest BCUT2D eigenvalue weighted by atomic mass is 10.1. The molecule has 0 saturated carbocycles. The van der Waals surface area contributed by atoms with Crippen molar-refractivity contribution in [3.05, 3.63) is 65.7 Å². The van der Waals surface area contributed by atoms with E-state index < -0.39 is 0 Å². The molecule has 2 aromatic rings. The number of hydrogen-bond acceptors (Lipinski definition) is 2. The highest BCUT2D eigenvalue weighted by Gasteiger charge is 2.05. The molecule has 0 aliphatic carbocycles. The zero-order valence-electron chi connectivity index (χ0n) is 10.7. The molecule has 0 unspecified atom stereocenters. The molecule has 0 heterocycles. The molecule has 3 nitrogen and oxygen atoms in total. The molecule has 0 aliphatic rings. The largest absolute Gasteiger partial charge is 0.493 e. The van der Waals surface area contributed by atoms with Crippen molar-refractivity contribution in [2.75, 3.05) is 6.61 Å². The second-order valence-electron chi connectivity index (χ2n) is 4.33. The van der Waals surface area contributed by atoms with E-state index in [0.717, 1.165) is 17.7 Å². The molecule has 0 aromatic heterocycles. The first-order chi connectivity index (χ1) is 9.25. The summed E-state index contributed by atoms with van der Waals surface area (Å²) in [6, 6.07) is 17.6. The first-order valence-corrected chi connectivity index (χ1v) is 6.28. The van der Waals surface area contributed by atoms with Crippen LogP contribution in [0.25, 0.3) is 0 Å². The van der Waals surface area contributed by atoms with Gasteiger partial charge in [0.1, 0.15) is 5.75 Å². The first-order valence-electron chi connectivity index (χ1n) is 6.28. The van der Waals surface area contributed by atoms with Crippen molar-refractivity contribution >= 4 is 5.91 Å². The summed E-state index contributed by atoms with van der Waals surface area (Å²) < 4.78 is 5.73. The van der Waals surface area contributed by atoms with E-state index in [4.69, 9.17) is 10.5 Å². The molecule has 1 amide bonds. The lowest BCUT2D eigenvalue weighted by molar-refractivity contribution is -0.117. The minimum atomic E-state index is -0.348. The van der Waals surface area contributed by atoms with Gasteiger partial charge in [-0.15, -0.1) is 0 Å². The monoisotopic (exact) mass is 255 g/mol. The van der Waals surface area contributed by atoms with E-state index in [1.54, 1.807) is 0 Å². The number of carbonyl (C=O) groups is 1. The zero-order valence-corrected chi connectivity index (χ0v) is 10.7. The number of rotatable bonds is 6. The molecule has 0 saturated heterocycles. The Morgan fingerprint density at radius 1 is 1.00 bits per heavy atom. The van der Waals surface area contributed by atoms with Crippen LogP contribution in [0.1, 0.15) is 11.1 Å². The average molecular weight is 255 g/mol. The summed E-state index contributed by atoms with van der Waals surface area (Å²) in [5.41, 5.74) is 7.29. The molecule has 0 fully saturated rings. The number of primary amides is 1. The number of para-hydroxylation sites is 1. The third-order valence-corrected chi connectivity index (χ3v) is 2.83. The predicted octanol–water partition coefficient (Wildman–Crippen LogP) is 2.34. The Morgan fingerprint density at radius 2 is 1.68 bits per heavy atom. The van der Waals surface area contributed by atoms with Crippen molar-refractivity contribution in [3.8, 4) is 5.75 Å². The average Bonchev–Trinajstić information content (AvgIpc) is 2.41. The fourth-order valence-electron chi connectivity index (χ4n) is 1.90. The van der Waals surface area contributed by atoms with Crippen molar-refractivity contribution in [1.82, 2.24) is 0 Å². The van der Waals surface area contributed by atoms with Gasteiger partial charge in [0.05, 0.1) is 13.0 Å². The van der Waals surface area contributed by atoms with E-state index in [-0.39, 0.29) is 12.3 Å². The van der Waals surface area contributed by atoms with Gasteiger partial charge in [-0.05, 0) is 11.6 Å². The number of ether oxygens (including phenoxy) is 1. The standard InChI is InChI=1S/C16H17NO2/c17-16(18)12-14-8-4-5-9-15(14)19-11-10-13-6-2-1-3-7-13/h1-9H,10-12H2,(H2,17,18). The molecule has 2 rings (SSSR count). The van der Waals surface area contributed by atoms with Crippen LogP contribution in [0.5, 0.6) is 5.75 Å². The maximum absolute atomic E-state index is 11.0. The predicted molar refractivity (Wildman–Crippen MR) is 75.0 cm³/mol. The molecular formula is C16H17NO2. The van der Waals surface area contributed by atoms with E-state index in [1.165, 1.54) is 5.56 Å². The van der Waals surface area contributed by atoms with Crippen molar-refractivity contribution in [3.63, 3.8) is 0 Å². The van der Waals surface area contributed by atoms with Crippen LogP contribution in [0, 0.1) is 0 Å². The van der Waals surface area contributed by atoms with E-state index in [9.17, 15) is 4.79 Å². The van der Waals surface area contributed by atoms with Crippen molar-refractivity contribution in [2.24, 2.45) is 5.73 Å². The summed E-state index contributed by atoms with van der Waals surface area (Å²) in [5.74, 6) is 0.386. The molecule has 98 valence electrons. The third kappa shape index (κ3) is 4.14. The summed E-state index contributed by atoms with van der Waals surface area (Å²) in [5, 5.41) is 0. The minimum absolute atomic E-state index is 0.210. The Morgan fingerprint density at radius 3 is 2.42 bits per heavy atom. The van der Waals surface area contributed by atoms with Gasteiger partial charge < -0.3 is 10.5 Å². The number of hydrogen-bond donors (Lipinski definition) is 1. The Labute approximate surface area is 113 Å². The molecule has 2 N–H and O–H groups in total. The van der Waals surface area contributed by atoms with Gasteiger partial charge in [-0.2, -0.15) is 0 Å². The fourth-order valence-corrected chi connectivity index (χ4v) is 1.90. The third-order valence-electron chi connectivity index (χ3n) is 2.83. The number of carbonyl (C=O) groups excluding carboxylic acids is 1. The van der Waals surface area contributed by atoms with Crippen molar-refractivity contribution in [2.45, 2.75) is 12.8 Å². The Balaban J connectivity index is 1.94. The van der Waals surface area contributed by atoms with Crippen LogP contribution in [-0.2, 0) is 17.6 Å². The molecule has 0 bridgehead atoms. The molecule has 3 heteroatoms. The van der Waals surface area contributed by atoms with Gasteiger partial charge in [-0.3, -0.25) is 4.79 Å². The van der Waals surface area contributed by atoms with Crippen LogP contribution in [0.4, 0.5) is 0 Å². The molecule has 0 spiro atoms. The highest BCUT2D eigenvalue weighted by molar-refractivity contribution is 5.77. The van der Waals surface area contributed by atoms with E-state index >= 15 is 0 Å². The molecule has 0 radical (unpaired) electrons. The van der Waals surface area contributed by atoms with E-state index in [0.29, 0.717) is 6.61 Å². The number of amides is 1. The molecular weight excluding hydrogens is 238 g/mol. The van der Waals surface area contributed by atoms with Gasteiger partial charge in [0.15, 0.2) is 0 Å². The Hall–Kier alpha value is -2.29. The summed E-state index contributed by atoms with van der Waals surface area (Å²) in [6.45, 7) is 0.583. The lowest BCUT2D eigenvalue weighted by Gasteiger charge is -2.10. The second kappa shape index (κ2) is 6.59. The van der Waals surface area contributed by atoms with Gasteiger partial charge in [-0.1, -0.05) is 48.5 Å². The lowest BCUT2D eigenvalue weighted by Crippen LogP contribution is -2.14. The van der Waals surface area contributed by atoms with Gasteiger partial charge >= 0.3 is 0 Å². The highest BCUT2D eigenvalue weighted by atomic mass is 16.5. The van der Waals surface area contributed by atoms with Gasteiger partial charge in [0, 0.05) is 12.0 Å². The summed E-state index contributed by atoms with van der Waals surface area (Å²) in [4.78, 5) is 11.0. The highest BCUT2D eigenvalue weighted by Crippen LogP contribution is 2.18. The maximum Gasteiger partial charge on any atom is 0.221 e. The van der Waals surface area contributed by atoms with Gasteiger partial charge in [0.2, 0.25) is 5.91 Å². The van der Waals surface area contributed by atoms with E-state index in [2.05, 4.69) is 12.1 Å². The van der Waals surface area contributed by atoms with Crippen LogP contribution in [-0.4, -0.2) is 12.5 Å². The smallest absolute Gasteiger partial charge is 0.221 e. The minimum Gasteiger partial charge on any atom is -0.493 e. The normalized spacial score (nSPS) is 10.1. The quantitative estimate of drug-likeness (QED) is 0.861. The summed E-state index contributed by atoms with van der Waals surface area (Å²) >= 11 is 0. The van der Waals surface area contributed by atoms with Crippen LogP contribution in [0.2, 0.25) is 0 Å². The van der Waals surface area contributed by atoms with Crippen molar-refractivity contribution in [1.29, 1.82) is 0 Å². The number of benzene rings is 2. The molecule has 19 heavy (non-hydrogen) atoms. The number of nitrogens with two attached hydrogens (primary N) is 1. The SMILES string of the molecule is NC(=O)Cc1ccccc1OCCc1ccccc1. The Bertz CT molecular complexity index is 537. The fraction of sp³-hybridized carbons (Fsp3) is 0.188. The maximum atomic E-state index is 11.0. The van der Waals surface area contributed by atoms with E-state index in [1.807, 2.05) is 42.5 Å². The summed E-state index contributed by atoms with van der Waals surface area (Å²) in [6.07, 6.45) is 1.05. The zero-order chi connectivity index (χ0) is 13.5. The first kappa shape index (κ1) is 13.1. The van der Waals surface area contributed by atoms with Crippen LogP contribution in [0.15, 0.2) is 54.6 Å². The summed E-state index contributed by atoms with van der Waals surface area (Å²) in [7, 11) is 0. The van der Waals surface area contributed by atoms with Gasteiger partial charge in [-0.25, -0.2) is 0 Å². The Kier molecular flexibility index (Phi) is 4.56. The molecule has 0 atom stereocenters. The van der Waals surface area contributed by atoms with Crippen LogP contribution < -0.4 is 10.5 Å². The van der Waals surface area contributed by atoms with Crippen LogP contribution in [0.3, 0.4) is 0 Å². The van der Waals surface area contributed by atoms with Crippen molar-refractivity contribution < 1.29 is 9.53 Å². The molecule has 2 aromatic carbocycles.